The van der Waals surface area contributed by atoms with E-state index in [1.54, 1.807) is 24.3 Å². The van der Waals surface area contributed by atoms with E-state index in [-0.39, 0.29) is 11.7 Å². The van der Waals surface area contributed by atoms with Gasteiger partial charge in [-0.25, -0.2) is 0 Å². The SMILES string of the molecule is CC(=O)c1ccccc1NC(=O)CSCc1c(C)noc1C. The number of ketones is 1. The molecule has 1 aromatic heterocycles. The van der Waals surface area contributed by atoms with Crippen LogP contribution in [0.15, 0.2) is 28.8 Å². The average molecular weight is 318 g/mol. The Morgan fingerprint density at radius 2 is 2.00 bits per heavy atom. The Kier molecular flexibility index (Phi) is 5.38. The number of amides is 1. The number of thioether (sulfide) groups is 1. The highest BCUT2D eigenvalue weighted by atomic mass is 32.2. The van der Waals surface area contributed by atoms with Crippen molar-refractivity contribution in [2.24, 2.45) is 0 Å². The highest BCUT2D eigenvalue weighted by Gasteiger charge is 2.12. The number of Topliss-reactive ketones (excluding diaryl/α,β-unsaturated/α-hetero) is 1. The molecule has 22 heavy (non-hydrogen) atoms. The summed E-state index contributed by atoms with van der Waals surface area (Å²) in [5.41, 5.74) is 2.96. The van der Waals surface area contributed by atoms with Crippen molar-refractivity contribution in [3.05, 3.63) is 46.8 Å². The van der Waals surface area contributed by atoms with E-state index in [4.69, 9.17) is 4.52 Å². The zero-order valence-corrected chi connectivity index (χ0v) is 13.6. The molecule has 0 atom stereocenters. The summed E-state index contributed by atoms with van der Waals surface area (Å²) in [7, 11) is 0. The number of aromatic nitrogens is 1. The van der Waals surface area contributed by atoms with Crippen LogP contribution in [0.3, 0.4) is 0 Å². The van der Waals surface area contributed by atoms with E-state index >= 15 is 0 Å². The van der Waals surface area contributed by atoms with Gasteiger partial charge in [-0.3, -0.25) is 9.59 Å². The van der Waals surface area contributed by atoms with E-state index in [1.807, 2.05) is 13.8 Å². The zero-order valence-electron chi connectivity index (χ0n) is 12.8. The number of nitrogens with one attached hydrogen (secondary N) is 1. The maximum absolute atomic E-state index is 12.0. The third-order valence-corrected chi connectivity index (χ3v) is 4.20. The number of anilines is 1. The van der Waals surface area contributed by atoms with E-state index in [0.29, 0.717) is 22.8 Å². The summed E-state index contributed by atoms with van der Waals surface area (Å²) in [6, 6.07) is 7.00. The fraction of sp³-hybridized carbons (Fsp3) is 0.312. The van der Waals surface area contributed by atoms with Crippen LogP contribution < -0.4 is 5.32 Å². The first-order valence-electron chi connectivity index (χ1n) is 6.88. The van der Waals surface area contributed by atoms with Crippen LogP contribution in [0.25, 0.3) is 0 Å². The molecule has 0 radical (unpaired) electrons. The van der Waals surface area contributed by atoms with Crippen LogP contribution in [0, 0.1) is 13.8 Å². The molecule has 0 unspecified atom stereocenters. The first-order chi connectivity index (χ1) is 10.5. The van der Waals surface area contributed by atoms with Crippen LogP contribution in [-0.2, 0) is 10.5 Å². The topological polar surface area (TPSA) is 72.2 Å². The molecule has 0 aliphatic carbocycles. The van der Waals surface area contributed by atoms with Crippen LogP contribution in [0.2, 0.25) is 0 Å². The van der Waals surface area contributed by atoms with Gasteiger partial charge < -0.3 is 9.84 Å². The molecule has 1 amide bonds. The molecule has 2 rings (SSSR count). The van der Waals surface area contributed by atoms with Crippen molar-refractivity contribution in [1.82, 2.24) is 5.16 Å². The Balaban J connectivity index is 1.90. The number of nitrogens with zero attached hydrogens (tertiary/aromatic N) is 1. The van der Waals surface area contributed by atoms with Crippen LogP contribution in [-0.4, -0.2) is 22.6 Å². The lowest BCUT2D eigenvalue weighted by Gasteiger charge is -2.08. The zero-order chi connectivity index (χ0) is 16.1. The molecule has 0 fully saturated rings. The van der Waals surface area contributed by atoms with Gasteiger partial charge in [0.15, 0.2) is 5.78 Å². The maximum atomic E-state index is 12.0. The largest absolute Gasteiger partial charge is 0.361 e. The predicted octanol–water partition coefficient (Wildman–Crippen LogP) is 3.37. The third-order valence-electron chi connectivity index (χ3n) is 3.24. The quantitative estimate of drug-likeness (QED) is 0.827. The summed E-state index contributed by atoms with van der Waals surface area (Å²) in [5, 5.41) is 6.67. The second-order valence-electron chi connectivity index (χ2n) is 4.95. The van der Waals surface area contributed by atoms with Crippen molar-refractivity contribution in [3.63, 3.8) is 0 Å². The Labute approximate surface area is 133 Å². The Morgan fingerprint density at radius 1 is 1.27 bits per heavy atom. The molecule has 0 aliphatic rings. The minimum Gasteiger partial charge on any atom is -0.361 e. The lowest BCUT2D eigenvalue weighted by atomic mass is 10.1. The van der Waals surface area contributed by atoms with Gasteiger partial charge >= 0.3 is 0 Å². The molecule has 0 bridgehead atoms. The summed E-state index contributed by atoms with van der Waals surface area (Å²) in [5.74, 6) is 1.55. The fourth-order valence-corrected chi connectivity index (χ4v) is 3.02. The highest BCUT2D eigenvalue weighted by molar-refractivity contribution is 7.99. The van der Waals surface area contributed by atoms with Gasteiger partial charge in [-0.05, 0) is 32.9 Å². The first kappa shape index (κ1) is 16.3. The number of para-hydroxylation sites is 1. The minimum absolute atomic E-state index is 0.0701. The molecule has 0 spiro atoms. The molecule has 0 saturated heterocycles. The van der Waals surface area contributed by atoms with Gasteiger partial charge in [0.1, 0.15) is 5.76 Å². The predicted molar refractivity (Wildman–Crippen MR) is 87.2 cm³/mol. The summed E-state index contributed by atoms with van der Waals surface area (Å²) in [6.07, 6.45) is 0. The number of carbonyl (C=O) groups excluding carboxylic acids is 2. The first-order valence-corrected chi connectivity index (χ1v) is 8.04. The maximum Gasteiger partial charge on any atom is 0.234 e. The van der Waals surface area contributed by atoms with Gasteiger partial charge in [0.25, 0.3) is 0 Å². The number of aryl methyl sites for hydroxylation is 2. The molecule has 6 heteroatoms. The molecular weight excluding hydrogens is 300 g/mol. The second-order valence-corrected chi connectivity index (χ2v) is 5.93. The standard InChI is InChI=1S/C16H18N2O3S/c1-10-14(12(3)21-18-10)8-22-9-16(20)17-15-7-5-4-6-13(15)11(2)19/h4-7H,8-9H2,1-3H3,(H,17,20). The van der Waals surface area contributed by atoms with Crippen molar-refractivity contribution >= 4 is 29.1 Å². The molecule has 1 heterocycles. The van der Waals surface area contributed by atoms with E-state index in [1.165, 1.54) is 18.7 Å². The van der Waals surface area contributed by atoms with Gasteiger partial charge in [0.05, 0.1) is 17.1 Å². The summed E-state index contributed by atoms with van der Waals surface area (Å²) in [4.78, 5) is 23.5. The fourth-order valence-electron chi connectivity index (χ4n) is 2.04. The van der Waals surface area contributed by atoms with Crippen LogP contribution in [0.4, 0.5) is 5.69 Å². The monoisotopic (exact) mass is 318 g/mol. The van der Waals surface area contributed by atoms with E-state index in [2.05, 4.69) is 10.5 Å². The van der Waals surface area contributed by atoms with E-state index < -0.39 is 0 Å². The van der Waals surface area contributed by atoms with Crippen molar-refractivity contribution in [1.29, 1.82) is 0 Å². The van der Waals surface area contributed by atoms with Gasteiger partial charge in [-0.2, -0.15) is 0 Å². The molecule has 2 aromatic rings. The number of hydrogen-bond acceptors (Lipinski definition) is 5. The van der Waals surface area contributed by atoms with Crippen molar-refractivity contribution in [2.45, 2.75) is 26.5 Å². The molecule has 5 nitrogen and oxygen atoms in total. The second kappa shape index (κ2) is 7.26. The summed E-state index contributed by atoms with van der Waals surface area (Å²) >= 11 is 1.48. The summed E-state index contributed by atoms with van der Waals surface area (Å²) in [6.45, 7) is 5.23. The number of rotatable bonds is 6. The number of hydrogen-bond donors (Lipinski definition) is 1. The van der Waals surface area contributed by atoms with Crippen LogP contribution in [0.5, 0.6) is 0 Å². The van der Waals surface area contributed by atoms with Crippen molar-refractivity contribution in [3.8, 4) is 0 Å². The molecule has 1 aromatic carbocycles. The molecule has 0 saturated carbocycles. The van der Waals surface area contributed by atoms with Gasteiger partial charge in [-0.1, -0.05) is 17.3 Å². The Hall–Kier alpha value is -2.08. The lowest BCUT2D eigenvalue weighted by molar-refractivity contribution is -0.113. The van der Waals surface area contributed by atoms with Gasteiger partial charge in [-0.15, -0.1) is 11.8 Å². The normalized spacial score (nSPS) is 10.5. The van der Waals surface area contributed by atoms with Crippen LogP contribution in [0.1, 0.15) is 34.3 Å². The van der Waals surface area contributed by atoms with Crippen molar-refractivity contribution in [2.75, 3.05) is 11.1 Å². The smallest absolute Gasteiger partial charge is 0.234 e. The van der Waals surface area contributed by atoms with Gasteiger partial charge in [0.2, 0.25) is 5.91 Å². The molecular formula is C16H18N2O3S. The Bertz CT molecular complexity index is 675. The minimum atomic E-state index is -0.134. The molecule has 1 N–H and O–H groups in total. The number of benzene rings is 1. The van der Waals surface area contributed by atoms with Gasteiger partial charge in [0, 0.05) is 16.9 Å². The van der Waals surface area contributed by atoms with E-state index in [0.717, 1.165) is 17.0 Å². The Morgan fingerprint density at radius 3 is 2.64 bits per heavy atom. The average Bonchev–Trinajstić information content (AvgIpc) is 2.79. The summed E-state index contributed by atoms with van der Waals surface area (Å²) < 4.78 is 5.09. The molecule has 0 aliphatic heterocycles. The lowest BCUT2D eigenvalue weighted by Crippen LogP contribution is -2.16. The highest BCUT2D eigenvalue weighted by Crippen LogP contribution is 2.20. The molecule has 116 valence electrons. The third kappa shape index (κ3) is 3.98. The number of carbonyl (C=O) groups is 2. The van der Waals surface area contributed by atoms with E-state index in [9.17, 15) is 9.59 Å². The van der Waals surface area contributed by atoms with Crippen molar-refractivity contribution < 1.29 is 14.1 Å². The van der Waals surface area contributed by atoms with Crippen LogP contribution >= 0.6 is 11.8 Å².